The Morgan fingerprint density at radius 2 is 2.15 bits per heavy atom. The van der Waals surface area contributed by atoms with Crippen molar-refractivity contribution in [3.63, 3.8) is 0 Å². The summed E-state index contributed by atoms with van der Waals surface area (Å²) in [5.41, 5.74) is 2.53. The zero-order valence-electron chi connectivity index (χ0n) is 9.02. The molecule has 0 atom stereocenters. The molecule has 0 amide bonds. The second kappa shape index (κ2) is 4.42. The third kappa shape index (κ3) is 2.10. The summed E-state index contributed by atoms with van der Waals surface area (Å²) in [7, 11) is 4.06. The molecule has 0 aromatic carbocycles. The minimum absolute atomic E-state index is 1.00. The van der Waals surface area contributed by atoms with Crippen molar-refractivity contribution in [3.05, 3.63) is 17.2 Å². The van der Waals surface area contributed by atoms with Crippen LogP contribution >= 0.6 is 0 Å². The van der Waals surface area contributed by atoms with Crippen molar-refractivity contribution < 1.29 is 0 Å². The molecule has 0 radical (unpaired) electrons. The molecule has 0 aliphatic carbocycles. The van der Waals surface area contributed by atoms with Gasteiger partial charge in [0.1, 0.15) is 5.82 Å². The summed E-state index contributed by atoms with van der Waals surface area (Å²) >= 11 is 0. The normalized spacial score (nSPS) is 10.8. The Labute approximate surface area is 80.2 Å². The Morgan fingerprint density at radius 3 is 2.62 bits per heavy atom. The fourth-order valence-corrected chi connectivity index (χ4v) is 1.50. The van der Waals surface area contributed by atoms with Crippen molar-refractivity contribution >= 4 is 0 Å². The molecule has 3 heteroatoms. The smallest absolute Gasteiger partial charge is 0.108 e. The third-order valence-electron chi connectivity index (χ3n) is 2.50. The molecule has 3 nitrogen and oxygen atoms in total. The van der Waals surface area contributed by atoms with Gasteiger partial charge in [-0.15, -0.1) is 0 Å². The maximum atomic E-state index is 4.59. The van der Waals surface area contributed by atoms with E-state index in [4.69, 9.17) is 0 Å². The fraction of sp³-hybridized carbons (Fsp3) is 0.700. The van der Waals surface area contributed by atoms with Gasteiger partial charge in [0.2, 0.25) is 0 Å². The molecule has 74 valence electrons. The lowest BCUT2D eigenvalue weighted by Gasteiger charge is -2.00. The van der Waals surface area contributed by atoms with Gasteiger partial charge in [-0.25, -0.2) is 4.98 Å². The number of aromatic nitrogens is 2. The zero-order chi connectivity index (χ0) is 9.84. The Bertz CT molecular complexity index is 276. The topological polar surface area (TPSA) is 29.9 Å². The summed E-state index contributed by atoms with van der Waals surface area (Å²) in [5, 5.41) is 3.14. The van der Waals surface area contributed by atoms with Crippen LogP contribution in [-0.4, -0.2) is 23.1 Å². The molecule has 0 unspecified atom stereocenters. The van der Waals surface area contributed by atoms with Gasteiger partial charge in [0, 0.05) is 32.1 Å². The predicted molar refractivity (Wildman–Crippen MR) is 55.0 cm³/mol. The van der Waals surface area contributed by atoms with E-state index >= 15 is 0 Å². The van der Waals surface area contributed by atoms with E-state index in [1.165, 1.54) is 17.2 Å². The van der Waals surface area contributed by atoms with Crippen molar-refractivity contribution in [1.82, 2.24) is 14.9 Å². The molecule has 1 aromatic rings. The summed E-state index contributed by atoms with van der Waals surface area (Å²) in [5.74, 6) is 1.18. The van der Waals surface area contributed by atoms with E-state index in [-0.39, 0.29) is 0 Å². The molecule has 0 aliphatic heterocycles. The van der Waals surface area contributed by atoms with Crippen LogP contribution in [0.4, 0.5) is 0 Å². The second-order valence-electron chi connectivity index (χ2n) is 3.33. The Hall–Kier alpha value is -0.830. The van der Waals surface area contributed by atoms with Crippen LogP contribution in [-0.2, 0) is 19.9 Å². The highest BCUT2D eigenvalue weighted by Crippen LogP contribution is 2.09. The highest BCUT2D eigenvalue weighted by atomic mass is 15.1. The van der Waals surface area contributed by atoms with Gasteiger partial charge in [-0.3, -0.25) is 0 Å². The van der Waals surface area contributed by atoms with Crippen LogP contribution in [0.1, 0.15) is 24.1 Å². The highest BCUT2D eigenvalue weighted by molar-refractivity contribution is 5.15. The number of aryl methyl sites for hydroxylation is 1. The van der Waals surface area contributed by atoms with E-state index in [1.807, 2.05) is 7.05 Å². The van der Waals surface area contributed by atoms with Gasteiger partial charge >= 0.3 is 0 Å². The molecule has 13 heavy (non-hydrogen) atoms. The van der Waals surface area contributed by atoms with Gasteiger partial charge < -0.3 is 9.88 Å². The molecule has 0 fully saturated rings. The van der Waals surface area contributed by atoms with Gasteiger partial charge in [0.05, 0.1) is 5.69 Å². The van der Waals surface area contributed by atoms with E-state index in [1.54, 1.807) is 0 Å². The number of likely N-dealkylation sites (N-methyl/N-ethyl adjacent to an activating group) is 1. The van der Waals surface area contributed by atoms with Crippen LogP contribution in [0.25, 0.3) is 0 Å². The number of nitrogens with one attached hydrogen (secondary N) is 1. The SMILES string of the molecule is CCc1nc(CCNC)c(C)n1C. The van der Waals surface area contributed by atoms with Crippen molar-refractivity contribution in [2.45, 2.75) is 26.7 Å². The van der Waals surface area contributed by atoms with E-state index < -0.39 is 0 Å². The molecule has 0 saturated carbocycles. The molecule has 0 bridgehead atoms. The van der Waals surface area contributed by atoms with Crippen molar-refractivity contribution in [2.24, 2.45) is 7.05 Å². The monoisotopic (exact) mass is 181 g/mol. The lowest BCUT2D eigenvalue weighted by Crippen LogP contribution is -2.11. The number of hydrogen-bond acceptors (Lipinski definition) is 2. The standard InChI is InChI=1S/C10H19N3/c1-5-10-12-9(6-7-11-3)8(2)13(10)4/h11H,5-7H2,1-4H3. The maximum Gasteiger partial charge on any atom is 0.108 e. The molecule has 1 rings (SSSR count). The highest BCUT2D eigenvalue weighted by Gasteiger charge is 2.08. The first-order chi connectivity index (χ1) is 6.20. The van der Waals surface area contributed by atoms with E-state index in [2.05, 4.69) is 35.8 Å². The lowest BCUT2D eigenvalue weighted by atomic mass is 10.2. The van der Waals surface area contributed by atoms with Gasteiger partial charge in [-0.1, -0.05) is 6.92 Å². The average molecular weight is 181 g/mol. The average Bonchev–Trinajstić information content (AvgIpc) is 2.41. The number of imidazole rings is 1. The molecule has 0 aliphatic rings. The molecular weight excluding hydrogens is 162 g/mol. The molecular formula is C10H19N3. The van der Waals surface area contributed by atoms with Crippen LogP contribution < -0.4 is 5.32 Å². The van der Waals surface area contributed by atoms with Crippen LogP contribution in [0.2, 0.25) is 0 Å². The maximum absolute atomic E-state index is 4.59. The first-order valence-electron chi connectivity index (χ1n) is 4.86. The predicted octanol–water partition coefficient (Wildman–Crippen LogP) is 1.05. The van der Waals surface area contributed by atoms with Crippen LogP contribution in [0.3, 0.4) is 0 Å². The lowest BCUT2D eigenvalue weighted by molar-refractivity contribution is 0.771. The Morgan fingerprint density at radius 1 is 1.46 bits per heavy atom. The van der Waals surface area contributed by atoms with Gasteiger partial charge in [-0.05, 0) is 14.0 Å². The van der Waals surface area contributed by atoms with E-state index in [0.717, 1.165) is 19.4 Å². The van der Waals surface area contributed by atoms with E-state index in [0.29, 0.717) is 0 Å². The third-order valence-corrected chi connectivity index (χ3v) is 2.50. The first-order valence-corrected chi connectivity index (χ1v) is 4.86. The van der Waals surface area contributed by atoms with Crippen molar-refractivity contribution in [1.29, 1.82) is 0 Å². The van der Waals surface area contributed by atoms with Crippen molar-refractivity contribution in [3.8, 4) is 0 Å². The number of rotatable bonds is 4. The zero-order valence-corrected chi connectivity index (χ0v) is 9.02. The number of nitrogens with zero attached hydrogens (tertiary/aromatic N) is 2. The summed E-state index contributed by atoms with van der Waals surface area (Å²) in [6.07, 6.45) is 2.03. The first kappa shape index (κ1) is 10.3. The van der Waals surface area contributed by atoms with Gasteiger partial charge in [-0.2, -0.15) is 0 Å². The van der Waals surface area contributed by atoms with Crippen LogP contribution in [0.5, 0.6) is 0 Å². The second-order valence-corrected chi connectivity index (χ2v) is 3.33. The minimum Gasteiger partial charge on any atom is -0.335 e. The minimum atomic E-state index is 1.00. The fourth-order valence-electron chi connectivity index (χ4n) is 1.50. The van der Waals surface area contributed by atoms with Gasteiger partial charge in [0.25, 0.3) is 0 Å². The Kier molecular flexibility index (Phi) is 3.48. The number of hydrogen-bond donors (Lipinski definition) is 1. The quantitative estimate of drug-likeness (QED) is 0.752. The van der Waals surface area contributed by atoms with Crippen LogP contribution in [0.15, 0.2) is 0 Å². The molecule has 1 N–H and O–H groups in total. The summed E-state index contributed by atoms with van der Waals surface area (Å²) in [6, 6.07) is 0. The summed E-state index contributed by atoms with van der Waals surface area (Å²) < 4.78 is 2.19. The molecule has 1 aromatic heterocycles. The molecule has 1 heterocycles. The van der Waals surface area contributed by atoms with Gasteiger partial charge in [0.15, 0.2) is 0 Å². The van der Waals surface area contributed by atoms with E-state index in [9.17, 15) is 0 Å². The van der Waals surface area contributed by atoms with Crippen LogP contribution in [0, 0.1) is 6.92 Å². The summed E-state index contributed by atoms with van der Waals surface area (Å²) in [4.78, 5) is 4.59. The molecule has 0 spiro atoms. The molecule has 0 saturated heterocycles. The summed E-state index contributed by atoms with van der Waals surface area (Å²) in [6.45, 7) is 5.28. The van der Waals surface area contributed by atoms with Crippen molar-refractivity contribution in [2.75, 3.05) is 13.6 Å². The Balaban J connectivity index is 2.82. The largest absolute Gasteiger partial charge is 0.335 e.